The molecular weight excluding hydrogens is 210 g/mol. The van der Waals surface area contributed by atoms with Gasteiger partial charge in [0.1, 0.15) is 11.6 Å². The van der Waals surface area contributed by atoms with E-state index in [1.165, 1.54) is 13.0 Å². The lowest BCUT2D eigenvalue weighted by atomic mass is 9.98. The molecule has 16 heavy (non-hydrogen) atoms. The van der Waals surface area contributed by atoms with Crippen LogP contribution in [0.4, 0.5) is 8.78 Å². The quantitative estimate of drug-likeness (QED) is 0.617. The molecule has 0 amide bonds. The molecule has 0 heterocycles. The monoisotopic (exact) mass is 224 g/mol. The van der Waals surface area contributed by atoms with Gasteiger partial charge in [-0.15, -0.1) is 0 Å². The van der Waals surface area contributed by atoms with E-state index in [4.69, 9.17) is 0 Å². The van der Waals surface area contributed by atoms with Gasteiger partial charge in [-0.05, 0) is 37.3 Å². The first kappa shape index (κ1) is 11.2. The standard InChI is InChI=1S/C13H14F2O/c1-7-3-4-9-10(14)6-8(2)13(15)12(9)11(16)5-7/h6-7H,3-5H2,1-2H3. The van der Waals surface area contributed by atoms with E-state index in [-0.39, 0.29) is 28.4 Å². The average Bonchev–Trinajstić information content (AvgIpc) is 2.34. The molecule has 2 rings (SSSR count). The highest BCUT2D eigenvalue weighted by Gasteiger charge is 2.26. The lowest BCUT2D eigenvalue weighted by Crippen LogP contribution is -2.09. The van der Waals surface area contributed by atoms with Gasteiger partial charge in [0.25, 0.3) is 0 Å². The Morgan fingerprint density at radius 1 is 1.38 bits per heavy atom. The molecule has 0 radical (unpaired) electrons. The Hall–Kier alpha value is -1.25. The second-order valence-corrected chi connectivity index (χ2v) is 4.61. The maximum Gasteiger partial charge on any atom is 0.166 e. The van der Waals surface area contributed by atoms with E-state index in [0.29, 0.717) is 12.8 Å². The maximum absolute atomic E-state index is 13.8. The van der Waals surface area contributed by atoms with Crippen LogP contribution in [0.2, 0.25) is 0 Å². The zero-order valence-corrected chi connectivity index (χ0v) is 9.44. The Morgan fingerprint density at radius 3 is 2.75 bits per heavy atom. The number of rotatable bonds is 0. The number of hydrogen-bond donors (Lipinski definition) is 0. The Morgan fingerprint density at radius 2 is 2.06 bits per heavy atom. The number of ketones is 1. The van der Waals surface area contributed by atoms with E-state index in [9.17, 15) is 13.6 Å². The van der Waals surface area contributed by atoms with E-state index in [1.807, 2.05) is 6.92 Å². The van der Waals surface area contributed by atoms with Crippen LogP contribution in [0.25, 0.3) is 0 Å². The van der Waals surface area contributed by atoms with Crippen molar-refractivity contribution < 1.29 is 13.6 Å². The SMILES string of the molecule is Cc1cc(F)c2c(c1F)C(=O)CC(C)CC2. The number of aryl methyl sites for hydroxylation is 1. The summed E-state index contributed by atoms with van der Waals surface area (Å²) in [5.74, 6) is -1.06. The third kappa shape index (κ3) is 1.75. The summed E-state index contributed by atoms with van der Waals surface area (Å²) in [5, 5.41) is 0. The molecule has 86 valence electrons. The summed E-state index contributed by atoms with van der Waals surface area (Å²) < 4.78 is 27.5. The fourth-order valence-electron chi connectivity index (χ4n) is 2.24. The van der Waals surface area contributed by atoms with Crippen molar-refractivity contribution in [1.29, 1.82) is 0 Å². The van der Waals surface area contributed by atoms with Crippen LogP contribution in [0.3, 0.4) is 0 Å². The summed E-state index contributed by atoms with van der Waals surface area (Å²) in [4.78, 5) is 11.8. The Kier molecular flexibility index (Phi) is 2.78. The highest BCUT2D eigenvalue weighted by molar-refractivity contribution is 5.98. The zero-order chi connectivity index (χ0) is 11.9. The lowest BCUT2D eigenvalue weighted by molar-refractivity contribution is 0.0963. The molecule has 3 heteroatoms. The minimum Gasteiger partial charge on any atom is -0.294 e. The van der Waals surface area contributed by atoms with Crippen molar-refractivity contribution in [2.45, 2.75) is 33.1 Å². The van der Waals surface area contributed by atoms with Gasteiger partial charge in [0.2, 0.25) is 0 Å². The van der Waals surface area contributed by atoms with Gasteiger partial charge < -0.3 is 0 Å². The molecule has 1 aromatic rings. The minimum absolute atomic E-state index is 0.0122. The number of Topliss-reactive ketones (excluding diaryl/α,β-unsaturated/α-hetero) is 1. The molecule has 0 N–H and O–H groups in total. The zero-order valence-electron chi connectivity index (χ0n) is 9.44. The maximum atomic E-state index is 13.8. The molecule has 0 saturated carbocycles. The van der Waals surface area contributed by atoms with E-state index >= 15 is 0 Å². The highest BCUT2D eigenvalue weighted by Crippen LogP contribution is 2.29. The number of carbonyl (C=O) groups excluding carboxylic acids is 1. The van der Waals surface area contributed by atoms with Crippen molar-refractivity contribution in [3.63, 3.8) is 0 Å². The van der Waals surface area contributed by atoms with Crippen LogP contribution in [0.5, 0.6) is 0 Å². The largest absolute Gasteiger partial charge is 0.294 e. The second kappa shape index (κ2) is 3.96. The van der Waals surface area contributed by atoms with Crippen LogP contribution in [0.1, 0.15) is 41.3 Å². The van der Waals surface area contributed by atoms with Crippen molar-refractivity contribution >= 4 is 5.78 Å². The normalized spacial score (nSPS) is 20.5. The molecule has 0 fully saturated rings. The fourth-order valence-corrected chi connectivity index (χ4v) is 2.24. The molecule has 0 aromatic heterocycles. The van der Waals surface area contributed by atoms with Crippen molar-refractivity contribution in [3.05, 3.63) is 34.4 Å². The molecule has 1 nitrogen and oxygen atoms in total. The number of hydrogen-bond acceptors (Lipinski definition) is 1. The van der Waals surface area contributed by atoms with E-state index in [0.717, 1.165) is 6.42 Å². The minimum atomic E-state index is -0.546. The van der Waals surface area contributed by atoms with Crippen LogP contribution in [0, 0.1) is 24.5 Å². The summed E-state index contributed by atoms with van der Waals surface area (Å²) in [6, 6.07) is 1.18. The average molecular weight is 224 g/mol. The summed E-state index contributed by atoms with van der Waals surface area (Å²) in [6.45, 7) is 3.42. The Labute approximate surface area is 93.5 Å². The summed E-state index contributed by atoms with van der Waals surface area (Å²) in [7, 11) is 0. The molecule has 0 saturated heterocycles. The first-order chi connectivity index (χ1) is 7.50. The third-order valence-electron chi connectivity index (χ3n) is 3.20. The van der Waals surface area contributed by atoms with Crippen molar-refractivity contribution in [2.75, 3.05) is 0 Å². The van der Waals surface area contributed by atoms with Crippen LogP contribution >= 0.6 is 0 Å². The van der Waals surface area contributed by atoms with Crippen molar-refractivity contribution in [2.24, 2.45) is 5.92 Å². The molecular formula is C13H14F2O. The Bertz CT molecular complexity index is 452. The van der Waals surface area contributed by atoms with Crippen LogP contribution in [0.15, 0.2) is 6.07 Å². The molecule has 1 aliphatic rings. The van der Waals surface area contributed by atoms with Gasteiger partial charge in [0, 0.05) is 12.0 Å². The van der Waals surface area contributed by atoms with Crippen molar-refractivity contribution in [1.82, 2.24) is 0 Å². The summed E-state index contributed by atoms with van der Waals surface area (Å²) >= 11 is 0. The predicted molar refractivity (Wildman–Crippen MR) is 57.5 cm³/mol. The lowest BCUT2D eigenvalue weighted by Gasteiger charge is -2.09. The van der Waals surface area contributed by atoms with Gasteiger partial charge in [-0.1, -0.05) is 6.92 Å². The summed E-state index contributed by atoms with van der Waals surface area (Å²) in [5.41, 5.74) is 0.457. The molecule has 0 aliphatic heterocycles. The van der Waals surface area contributed by atoms with Crippen LogP contribution in [-0.4, -0.2) is 5.78 Å². The van der Waals surface area contributed by atoms with Gasteiger partial charge in [-0.2, -0.15) is 0 Å². The molecule has 1 unspecified atom stereocenters. The number of carbonyl (C=O) groups is 1. The molecule has 0 bridgehead atoms. The summed E-state index contributed by atoms with van der Waals surface area (Å²) in [6.07, 6.45) is 1.50. The number of benzene rings is 1. The second-order valence-electron chi connectivity index (χ2n) is 4.61. The Balaban J connectivity index is 2.64. The third-order valence-corrected chi connectivity index (χ3v) is 3.20. The van der Waals surface area contributed by atoms with Crippen LogP contribution in [-0.2, 0) is 6.42 Å². The highest BCUT2D eigenvalue weighted by atomic mass is 19.1. The smallest absolute Gasteiger partial charge is 0.166 e. The molecule has 1 aromatic carbocycles. The van der Waals surface area contributed by atoms with E-state index in [2.05, 4.69) is 0 Å². The van der Waals surface area contributed by atoms with Gasteiger partial charge in [-0.3, -0.25) is 4.79 Å². The van der Waals surface area contributed by atoms with Crippen molar-refractivity contribution in [3.8, 4) is 0 Å². The first-order valence-electron chi connectivity index (χ1n) is 5.51. The first-order valence-corrected chi connectivity index (χ1v) is 5.51. The van der Waals surface area contributed by atoms with Gasteiger partial charge >= 0.3 is 0 Å². The molecule has 0 spiro atoms. The van der Waals surface area contributed by atoms with Gasteiger partial charge in [-0.25, -0.2) is 8.78 Å². The number of halogens is 2. The topological polar surface area (TPSA) is 17.1 Å². The molecule has 1 aliphatic carbocycles. The predicted octanol–water partition coefficient (Wildman–Crippen LogP) is 3.43. The van der Waals surface area contributed by atoms with E-state index in [1.54, 1.807) is 0 Å². The van der Waals surface area contributed by atoms with Crippen LogP contribution < -0.4 is 0 Å². The number of fused-ring (bicyclic) bond motifs is 1. The van der Waals surface area contributed by atoms with E-state index < -0.39 is 11.6 Å². The fraction of sp³-hybridized carbons (Fsp3) is 0.462. The van der Waals surface area contributed by atoms with Gasteiger partial charge in [0.05, 0.1) is 5.56 Å². The van der Waals surface area contributed by atoms with Gasteiger partial charge in [0.15, 0.2) is 5.78 Å². The molecule has 1 atom stereocenters.